The van der Waals surface area contributed by atoms with Gasteiger partial charge in [-0.1, -0.05) is 24.7 Å². The Kier molecular flexibility index (Phi) is 7.99. The summed E-state index contributed by atoms with van der Waals surface area (Å²) in [6.45, 7) is 11.3. The molecule has 0 saturated heterocycles. The Morgan fingerprint density at radius 1 is 1.32 bits per heavy atom. The fraction of sp³-hybridized carbons (Fsp3) is 0.929. The van der Waals surface area contributed by atoms with Gasteiger partial charge in [0.25, 0.3) is 0 Å². The number of halogens is 1. The molecule has 4 nitrogen and oxygen atoms in total. The Morgan fingerprint density at radius 3 is 2.32 bits per heavy atom. The van der Waals surface area contributed by atoms with Crippen molar-refractivity contribution in [3.8, 4) is 0 Å². The second kappa shape index (κ2) is 8.35. The van der Waals surface area contributed by atoms with Gasteiger partial charge >= 0.3 is 6.09 Å². The van der Waals surface area contributed by atoms with Crippen LogP contribution in [0.15, 0.2) is 0 Å². The van der Waals surface area contributed by atoms with E-state index in [4.69, 9.17) is 4.74 Å². The van der Waals surface area contributed by atoms with E-state index in [0.29, 0.717) is 0 Å². The molecule has 0 aromatic rings. The topological polar surface area (TPSA) is 32.8 Å². The summed E-state index contributed by atoms with van der Waals surface area (Å²) in [4.78, 5) is 13.7. The van der Waals surface area contributed by atoms with Crippen molar-refractivity contribution >= 4 is 6.09 Å². The monoisotopic (exact) mass is 276 g/mol. The molecule has 114 valence electrons. The minimum absolute atomic E-state index is 0.100. The highest BCUT2D eigenvalue weighted by atomic mass is 19.2. The standard InChI is InChI=1S/C14H29FN2O2/c1-7-12(9-10-16(6)8-2)11-17(15)13(18)19-14(3,4)5/h12H,7-11H2,1-6H3. The van der Waals surface area contributed by atoms with Crippen LogP contribution < -0.4 is 0 Å². The average Bonchev–Trinajstić information content (AvgIpc) is 2.31. The number of amides is 1. The maximum Gasteiger partial charge on any atom is 0.438 e. The number of carbonyl (C=O) groups is 1. The first-order valence-electron chi connectivity index (χ1n) is 7.04. The highest BCUT2D eigenvalue weighted by molar-refractivity contribution is 5.66. The van der Waals surface area contributed by atoms with E-state index in [1.54, 1.807) is 20.8 Å². The first-order chi connectivity index (χ1) is 8.69. The van der Waals surface area contributed by atoms with E-state index < -0.39 is 11.7 Å². The molecule has 0 spiro atoms. The lowest BCUT2D eigenvalue weighted by Crippen LogP contribution is -2.35. The molecule has 5 heteroatoms. The maximum atomic E-state index is 13.7. The summed E-state index contributed by atoms with van der Waals surface area (Å²) in [6, 6.07) is 0. The quantitative estimate of drug-likeness (QED) is 0.667. The summed E-state index contributed by atoms with van der Waals surface area (Å²) in [5.41, 5.74) is -0.661. The van der Waals surface area contributed by atoms with Gasteiger partial charge in [0.2, 0.25) is 0 Å². The van der Waals surface area contributed by atoms with E-state index in [2.05, 4.69) is 11.8 Å². The van der Waals surface area contributed by atoms with Gasteiger partial charge in [0.15, 0.2) is 0 Å². The average molecular weight is 276 g/mol. The Balaban J connectivity index is 4.19. The minimum Gasteiger partial charge on any atom is -0.442 e. The summed E-state index contributed by atoms with van der Waals surface area (Å²) in [5.74, 6) is 0.159. The third kappa shape index (κ3) is 8.81. The third-order valence-corrected chi connectivity index (χ3v) is 3.05. The SMILES string of the molecule is CCC(CCN(C)CC)CN(F)C(=O)OC(C)(C)C. The van der Waals surface area contributed by atoms with Crippen LogP contribution in [-0.4, -0.2) is 48.4 Å². The molecule has 0 aliphatic rings. The minimum atomic E-state index is -0.894. The molecule has 0 heterocycles. The molecule has 19 heavy (non-hydrogen) atoms. The number of rotatable bonds is 7. The normalized spacial score (nSPS) is 13.5. The molecule has 0 N–H and O–H groups in total. The van der Waals surface area contributed by atoms with Crippen LogP contribution in [0.1, 0.15) is 47.5 Å². The highest BCUT2D eigenvalue weighted by Gasteiger charge is 2.24. The molecule has 0 fully saturated rings. The number of ether oxygens (including phenoxy) is 1. The van der Waals surface area contributed by atoms with Gasteiger partial charge in [0, 0.05) is 0 Å². The van der Waals surface area contributed by atoms with Gasteiger partial charge < -0.3 is 9.64 Å². The predicted molar refractivity (Wildman–Crippen MR) is 75.6 cm³/mol. The van der Waals surface area contributed by atoms with Gasteiger partial charge in [-0.3, -0.25) is 0 Å². The predicted octanol–water partition coefficient (Wildman–Crippen LogP) is 3.48. The van der Waals surface area contributed by atoms with Crippen LogP contribution in [0.5, 0.6) is 0 Å². The van der Waals surface area contributed by atoms with Crippen molar-refractivity contribution in [3.63, 3.8) is 0 Å². The Hall–Kier alpha value is -0.840. The molecule has 0 rings (SSSR count). The second-order valence-corrected chi connectivity index (χ2v) is 5.98. The number of carbonyl (C=O) groups excluding carboxylic acids is 1. The Labute approximate surface area is 116 Å². The van der Waals surface area contributed by atoms with E-state index >= 15 is 0 Å². The summed E-state index contributed by atoms with van der Waals surface area (Å²) in [6.07, 6.45) is 0.833. The molecule has 1 atom stereocenters. The zero-order valence-electron chi connectivity index (χ0n) is 13.2. The molecule has 0 aromatic carbocycles. The molecule has 0 aromatic heterocycles. The summed E-state index contributed by atoms with van der Waals surface area (Å²) < 4.78 is 18.7. The van der Waals surface area contributed by atoms with Gasteiger partial charge in [0.05, 0.1) is 6.54 Å². The van der Waals surface area contributed by atoms with Crippen molar-refractivity contribution < 1.29 is 14.0 Å². The van der Waals surface area contributed by atoms with E-state index in [1.165, 1.54) is 0 Å². The van der Waals surface area contributed by atoms with E-state index in [0.717, 1.165) is 25.9 Å². The van der Waals surface area contributed by atoms with Crippen molar-refractivity contribution in [1.29, 1.82) is 0 Å². The molecule has 0 aliphatic heterocycles. The van der Waals surface area contributed by atoms with Crippen LogP contribution in [0.2, 0.25) is 0 Å². The van der Waals surface area contributed by atoms with Crippen LogP contribution in [0.25, 0.3) is 0 Å². The summed E-state index contributed by atoms with van der Waals surface area (Å²) in [5, 5.41) is 0.200. The molecule has 0 saturated carbocycles. The Bertz CT molecular complexity index is 267. The van der Waals surface area contributed by atoms with Crippen molar-refractivity contribution in [2.75, 3.05) is 26.7 Å². The van der Waals surface area contributed by atoms with Crippen LogP contribution >= 0.6 is 0 Å². The fourth-order valence-electron chi connectivity index (χ4n) is 1.60. The molecule has 0 aliphatic carbocycles. The van der Waals surface area contributed by atoms with E-state index in [1.807, 2.05) is 14.0 Å². The van der Waals surface area contributed by atoms with E-state index in [-0.39, 0.29) is 17.6 Å². The van der Waals surface area contributed by atoms with Crippen LogP contribution in [0.4, 0.5) is 9.28 Å². The van der Waals surface area contributed by atoms with Crippen molar-refractivity contribution in [2.45, 2.75) is 53.1 Å². The Morgan fingerprint density at radius 2 is 1.89 bits per heavy atom. The lowest BCUT2D eigenvalue weighted by atomic mass is 10.0. The van der Waals surface area contributed by atoms with Crippen LogP contribution in [0, 0.1) is 5.92 Å². The molecule has 0 bridgehead atoms. The lowest BCUT2D eigenvalue weighted by Gasteiger charge is -2.25. The second-order valence-electron chi connectivity index (χ2n) is 5.98. The lowest BCUT2D eigenvalue weighted by molar-refractivity contribution is -0.0382. The first kappa shape index (κ1) is 18.2. The van der Waals surface area contributed by atoms with Crippen LogP contribution in [-0.2, 0) is 4.74 Å². The maximum absolute atomic E-state index is 13.7. The van der Waals surface area contributed by atoms with Crippen molar-refractivity contribution in [3.05, 3.63) is 0 Å². The van der Waals surface area contributed by atoms with Gasteiger partial charge in [-0.15, -0.1) is 5.12 Å². The van der Waals surface area contributed by atoms with Crippen molar-refractivity contribution in [2.24, 2.45) is 5.92 Å². The number of hydrogen-bond donors (Lipinski definition) is 0. The number of nitrogens with zero attached hydrogens (tertiary/aromatic N) is 2. The summed E-state index contributed by atoms with van der Waals surface area (Å²) >= 11 is 0. The zero-order valence-corrected chi connectivity index (χ0v) is 13.2. The van der Waals surface area contributed by atoms with Gasteiger partial charge in [-0.05, 0) is 53.2 Å². The van der Waals surface area contributed by atoms with Crippen LogP contribution in [0.3, 0.4) is 0 Å². The number of hydrogen-bond acceptors (Lipinski definition) is 3. The smallest absolute Gasteiger partial charge is 0.438 e. The highest BCUT2D eigenvalue weighted by Crippen LogP contribution is 2.15. The largest absolute Gasteiger partial charge is 0.442 e. The fourth-order valence-corrected chi connectivity index (χ4v) is 1.60. The van der Waals surface area contributed by atoms with Gasteiger partial charge in [-0.2, -0.15) is 0 Å². The summed E-state index contributed by atoms with van der Waals surface area (Å²) in [7, 11) is 2.04. The van der Waals surface area contributed by atoms with E-state index in [9.17, 15) is 9.28 Å². The third-order valence-electron chi connectivity index (χ3n) is 3.05. The molecular weight excluding hydrogens is 247 g/mol. The first-order valence-corrected chi connectivity index (χ1v) is 7.04. The molecule has 1 unspecified atom stereocenters. The van der Waals surface area contributed by atoms with Gasteiger partial charge in [0.1, 0.15) is 5.60 Å². The molecule has 1 amide bonds. The van der Waals surface area contributed by atoms with Gasteiger partial charge in [-0.25, -0.2) is 4.79 Å². The van der Waals surface area contributed by atoms with Crippen molar-refractivity contribution in [1.82, 2.24) is 10.0 Å². The molecular formula is C14H29FN2O2. The zero-order chi connectivity index (χ0) is 15.1. The molecule has 0 radical (unpaired) electrons.